The van der Waals surface area contributed by atoms with Crippen LogP contribution < -0.4 is 5.32 Å². The second-order valence-corrected chi connectivity index (χ2v) is 6.07. The largest absolute Gasteiger partial charge is 0.459 e. The topological polar surface area (TPSA) is 38.3 Å². The molecule has 0 fully saturated rings. The smallest absolute Gasteiger partial charge is 0.328 e. The molecule has 1 unspecified atom stereocenters. The minimum absolute atomic E-state index is 0.231. The van der Waals surface area contributed by atoms with Crippen LogP contribution in [-0.4, -0.2) is 18.6 Å². The van der Waals surface area contributed by atoms with Crippen LogP contribution in [0.25, 0.3) is 0 Å². The Morgan fingerprint density at radius 3 is 2.00 bits per heavy atom. The normalized spacial score (nSPS) is 13.2. The summed E-state index contributed by atoms with van der Waals surface area (Å²) in [6, 6.07) is 3.77. The SMILES string of the molecule is CNC(C(=O)OC(C)(C)C)c1c(C)cc(C)cc1C. The van der Waals surface area contributed by atoms with Gasteiger partial charge in [-0.2, -0.15) is 0 Å². The molecule has 0 aliphatic heterocycles. The molecule has 3 heteroatoms. The lowest BCUT2D eigenvalue weighted by molar-refractivity contribution is -0.157. The van der Waals surface area contributed by atoms with Crippen LogP contribution in [-0.2, 0) is 9.53 Å². The molecule has 0 aromatic heterocycles. The van der Waals surface area contributed by atoms with E-state index in [1.165, 1.54) is 5.56 Å². The lowest BCUT2D eigenvalue weighted by Crippen LogP contribution is -2.34. The first-order valence-electron chi connectivity index (χ1n) is 6.63. The summed E-state index contributed by atoms with van der Waals surface area (Å²) in [5.41, 5.74) is 3.98. The van der Waals surface area contributed by atoms with Crippen LogP contribution in [0.1, 0.15) is 49.1 Å². The molecule has 0 radical (unpaired) electrons. The lowest BCUT2D eigenvalue weighted by atomic mass is 9.94. The van der Waals surface area contributed by atoms with Gasteiger partial charge in [-0.15, -0.1) is 0 Å². The van der Waals surface area contributed by atoms with E-state index < -0.39 is 11.6 Å². The molecular weight excluding hydrogens is 238 g/mol. The van der Waals surface area contributed by atoms with Gasteiger partial charge in [0.1, 0.15) is 11.6 Å². The van der Waals surface area contributed by atoms with Crippen molar-refractivity contribution in [2.75, 3.05) is 7.05 Å². The Morgan fingerprint density at radius 2 is 1.63 bits per heavy atom. The maximum atomic E-state index is 12.3. The van der Waals surface area contributed by atoms with Crippen molar-refractivity contribution < 1.29 is 9.53 Å². The molecule has 1 aromatic carbocycles. The summed E-state index contributed by atoms with van der Waals surface area (Å²) in [6.45, 7) is 11.8. The average molecular weight is 263 g/mol. The predicted octanol–water partition coefficient (Wildman–Crippen LogP) is 3.21. The van der Waals surface area contributed by atoms with E-state index in [0.29, 0.717) is 0 Å². The number of hydrogen-bond acceptors (Lipinski definition) is 3. The second kappa shape index (κ2) is 5.74. The Balaban J connectivity index is 3.14. The van der Waals surface area contributed by atoms with Crippen LogP contribution in [0, 0.1) is 20.8 Å². The first kappa shape index (κ1) is 15.7. The Morgan fingerprint density at radius 1 is 1.16 bits per heavy atom. The standard InChI is InChI=1S/C16H25NO2/c1-10-8-11(2)13(12(3)9-10)14(17-7)15(18)19-16(4,5)6/h8-9,14,17H,1-7H3. The van der Waals surface area contributed by atoms with Crippen LogP contribution in [0.3, 0.4) is 0 Å². The molecule has 19 heavy (non-hydrogen) atoms. The zero-order chi connectivity index (χ0) is 14.8. The van der Waals surface area contributed by atoms with Crippen LogP contribution in [0.15, 0.2) is 12.1 Å². The Bertz CT molecular complexity index is 449. The van der Waals surface area contributed by atoms with Crippen molar-refractivity contribution in [2.24, 2.45) is 0 Å². The summed E-state index contributed by atoms with van der Waals surface area (Å²) in [4.78, 5) is 12.3. The highest BCUT2D eigenvalue weighted by atomic mass is 16.6. The maximum absolute atomic E-state index is 12.3. The van der Waals surface area contributed by atoms with Gasteiger partial charge in [0.25, 0.3) is 0 Å². The van der Waals surface area contributed by atoms with Gasteiger partial charge in [-0.05, 0) is 65.3 Å². The molecular formula is C16H25NO2. The molecule has 0 heterocycles. The molecule has 1 N–H and O–H groups in total. The predicted molar refractivity (Wildman–Crippen MR) is 78.3 cm³/mol. The number of rotatable bonds is 3. The van der Waals surface area contributed by atoms with Gasteiger partial charge in [0.05, 0.1) is 0 Å². The number of carbonyl (C=O) groups excluding carboxylic acids is 1. The maximum Gasteiger partial charge on any atom is 0.328 e. The van der Waals surface area contributed by atoms with Crippen molar-refractivity contribution in [3.8, 4) is 0 Å². The van der Waals surface area contributed by atoms with E-state index in [1.807, 2.05) is 34.6 Å². The monoisotopic (exact) mass is 263 g/mol. The number of benzene rings is 1. The zero-order valence-corrected chi connectivity index (χ0v) is 13.0. The minimum atomic E-state index is -0.474. The van der Waals surface area contributed by atoms with Crippen molar-refractivity contribution in [1.82, 2.24) is 5.32 Å². The van der Waals surface area contributed by atoms with Gasteiger partial charge < -0.3 is 10.1 Å². The highest BCUT2D eigenvalue weighted by Gasteiger charge is 2.27. The second-order valence-electron chi connectivity index (χ2n) is 6.07. The Kier molecular flexibility index (Phi) is 4.75. The van der Waals surface area contributed by atoms with E-state index >= 15 is 0 Å². The molecule has 106 valence electrons. The number of hydrogen-bond donors (Lipinski definition) is 1. The van der Waals surface area contributed by atoms with Crippen LogP contribution >= 0.6 is 0 Å². The van der Waals surface area contributed by atoms with Gasteiger partial charge >= 0.3 is 5.97 Å². The van der Waals surface area contributed by atoms with Crippen LogP contribution in [0.4, 0.5) is 0 Å². The minimum Gasteiger partial charge on any atom is -0.459 e. The third-order valence-electron chi connectivity index (χ3n) is 2.96. The van der Waals surface area contributed by atoms with Crippen molar-refractivity contribution in [2.45, 2.75) is 53.2 Å². The average Bonchev–Trinajstić information content (AvgIpc) is 2.20. The van der Waals surface area contributed by atoms with E-state index in [4.69, 9.17) is 4.74 Å². The summed E-state index contributed by atoms with van der Waals surface area (Å²) in [5.74, 6) is -0.231. The third-order valence-corrected chi connectivity index (χ3v) is 2.96. The summed E-state index contributed by atoms with van der Waals surface area (Å²) in [7, 11) is 1.79. The van der Waals surface area contributed by atoms with Crippen molar-refractivity contribution in [3.63, 3.8) is 0 Å². The van der Waals surface area contributed by atoms with Crippen molar-refractivity contribution in [1.29, 1.82) is 0 Å². The summed E-state index contributed by atoms with van der Waals surface area (Å²) in [5, 5.41) is 3.07. The van der Waals surface area contributed by atoms with Gasteiger partial charge in [0, 0.05) is 0 Å². The molecule has 1 atom stereocenters. The summed E-state index contributed by atoms with van der Waals surface area (Å²) >= 11 is 0. The van der Waals surface area contributed by atoms with Gasteiger partial charge in [0.15, 0.2) is 0 Å². The van der Waals surface area contributed by atoms with E-state index in [2.05, 4.69) is 24.4 Å². The number of ether oxygens (including phenoxy) is 1. The fourth-order valence-corrected chi connectivity index (χ4v) is 2.39. The van der Waals surface area contributed by atoms with Crippen molar-refractivity contribution in [3.05, 3.63) is 34.4 Å². The summed E-state index contributed by atoms with van der Waals surface area (Å²) in [6.07, 6.45) is 0. The van der Waals surface area contributed by atoms with Crippen LogP contribution in [0.2, 0.25) is 0 Å². The fraction of sp³-hybridized carbons (Fsp3) is 0.562. The number of likely N-dealkylation sites (N-methyl/N-ethyl adjacent to an activating group) is 1. The highest BCUT2D eigenvalue weighted by molar-refractivity contribution is 5.79. The van der Waals surface area contributed by atoms with E-state index in [9.17, 15) is 4.79 Å². The van der Waals surface area contributed by atoms with Gasteiger partial charge in [-0.25, -0.2) is 4.79 Å². The van der Waals surface area contributed by atoms with E-state index in [1.54, 1.807) is 7.05 Å². The van der Waals surface area contributed by atoms with Gasteiger partial charge in [0.2, 0.25) is 0 Å². The molecule has 0 spiro atoms. The number of nitrogens with one attached hydrogen (secondary N) is 1. The number of aryl methyl sites for hydroxylation is 3. The molecule has 0 aliphatic carbocycles. The molecule has 0 saturated heterocycles. The number of esters is 1. The number of carbonyl (C=O) groups is 1. The Labute approximate surface area is 116 Å². The fourth-order valence-electron chi connectivity index (χ4n) is 2.39. The molecule has 0 aliphatic rings. The van der Waals surface area contributed by atoms with E-state index in [-0.39, 0.29) is 5.97 Å². The molecule has 0 amide bonds. The first-order chi connectivity index (χ1) is 8.65. The quantitative estimate of drug-likeness (QED) is 0.851. The highest BCUT2D eigenvalue weighted by Crippen LogP contribution is 2.25. The third kappa shape index (κ3) is 4.06. The van der Waals surface area contributed by atoms with E-state index in [0.717, 1.165) is 16.7 Å². The molecule has 0 bridgehead atoms. The molecule has 3 nitrogen and oxygen atoms in total. The lowest BCUT2D eigenvalue weighted by Gasteiger charge is -2.26. The van der Waals surface area contributed by atoms with Gasteiger partial charge in [-0.1, -0.05) is 17.7 Å². The molecule has 0 saturated carbocycles. The molecule has 1 aromatic rings. The first-order valence-corrected chi connectivity index (χ1v) is 6.63. The van der Waals surface area contributed by atoms with Gasteiger partial charge in [-0.3, -0.25) is 0 Å². The Hall–Kier alpha value is -1.35. The molecule has 1 rings (SSSR count). The van der Waals surface area contributed by atoms with Crippen molar-refractivity contribution >= 4 is 5.97 Å². The zero-order valence-electron chi connectivity index (χ0n) is 13.0. The van der Waals surface area contributed by atoms with Crippen LogP contribution in [0.5, 0.6) is 0 Å². The summed E-state index contributed by atoms with van der Waals surface area (Å²) < 4.78 is 5.48.